The molecule has 0 heterocycles. The quantitative estimate of drug-likeness (QED) is 0.0261. The topological polar surface area (TPSA) is 78.9 Å². The molecule has 0 spiro atoms. The molecule has 0 N–H and O–H groups in total. The molecule has 6 heteroatoms. The fraction of sp³-hybridized carbons (Fsp3) is 0.882. The van der Waals surface area contributed by atoms with Crippen molar-refractivity contribution in [2.75, 3.05) is 13.2 Å². The lowest BCUT2D eigenvalue weighted by Crippen LogP contribution is -2.30. The Labute approximate surface area is 512 Å². The second-order valence-electron chi connectivity index (χ2n) is 25.2. The maximum atomic E-state index is 12.9. The van der Waals surface area contributed by atoms with Gasteiger partial charge in [0.15, 0.2) is 6.10 Å². The van der Waals surface area contributed by atoms with E-state index in [1.165, 1.54) is 308 Å². The Morgan fingerprint density at radius 2 is 0.439 bits per heavy atom. The van der Waals surface area contributed by atoms with E-state index in [4.69, 9.17) is 14.2 Å². The van der Waals surface area contributed by atoms with Crippen LogP contribution in [0, 0.1) is 0 Å². The molecular formula is C76H142O6. The molecule has 0 aromatic heterocycles. The summed E-state index contributed by atoms with van der Waals surface area (Å²) in [6.07, 6.45) is 89.2. The van der Waals surface area contributed by atoms with Crippen molar-refractivity contribution in [2.24, 2.45) is 0 Å². The second-order valence-corrected chi connectivity index (χ2v) is 25.2. The highest BCUT2D eigenvalue weighted by atomic mass is 16.6. The number of hydrogen-bond acceptors (Lipinski definition) is 6. The summed E-state index contributed by atoms with van der Waals surface area (Å²) in [5.41, 5.74) is 0. The Balaban J connectivity index is 4.02. The number of allylic oxidation sites excluding steroid dienone is 6. The normalized spacial score (nSPS) is 12.2. The van der Waals surface area contributed by atoms with E-state index in [9.17, 15) is 14.4 Å². The fourth-order valence-corrected chi connectivity index (χ4v) is 11.3. The zero-order valence-electron chi connectivity index (χ0n) is 55.5. The lowest BCUT2D eigenvalue weighted by atomic mass is 10.0. The van der Waals surface area contributed by atoms with Crippen molar-refractivity contribution in [2.45, 2.75) is 419 Å². The van der Waals surface area contributed by atoms with Crippen molar-refractivity contribution in [1.82, 2.24) is 0 Å². The Morgan fingerprint density at radius 3 is 0.683 bits per heavy atom. The molecule has 0 bridgehead atoms. The summed E-state index contributed by atoms with van der Waals surface area (Å²) in [5.74, 6) is -0.841. The summed E-state index contributed by atoms with van der Waals surface area (Å²) in [6, 6.07) is 0. The van der Waals surface area contributed by atoms with Crippen LogP contribution >= 0.6 is 0 Å². The molecule has 482 valence electrons. The number of carbonyl (C=O) groups is 3. The van der Waals surface area contributed by atoms with E-state index >= 15 is 0 Å². The maximum absolute atomic E-state index is 12.9. The SMILES string of the molecule is CCCCCCC/C=C\C/C=C\CCCCCCCCCCCCCCCCCCCCCCCCCC(=O)OCC(COC(=O)CCCCCCCCCCCC)OC(=O)CCCCCCCCCCC/C=C\CCCCCCCC. The monoisotopic (exact) mass is 1150 g/mol. The smallest absolute Gasteiger partial charge is 0.306 e. The van der Waals surface area contributed by atoms with Crippen LogP contribution in [-0.4, -0.2) is 37.2 Å². The molecular weight excluding hydrogens is 1010 g/mol. The number of carbonyl (C=O) groups excluding carboxylic acids is 3. The highest BCUT2D eigenvalue weighted by Crippen LogP contribution is 2.19. The summed E-state index contributed by atoms with van der Waals surface area (Å²) in [4.78, 5) is 38.3. The molecule has 6 nitrogen and oxygen atoms in total. The van der Waals surface area contributed by atoms with Gasteiger partial charge in [0, 0.05) is 19.3 Å². The largest absolute Gasteiger partial charge is 0.462 e. The van der Waals surface area contributed by atoms with E-state index in [2.05, 4.69) is 57.2 Å². The van der Waals surface area contributed by atoms with Gasteiger partial charge in [0.25, 0.3) is 0 Å². The summed E-state index contributed by atoms with van der Waals surface area (Å²) in [5, 5.41) is 0. The van der Waals surface area contributed by atoms with Gasteiger partial charge in [-0.25, -0.2) is 0 Å². The molecule has 0 aliphatic heterocycles. The minimum Gasteiger partial charge on any atom is -0.462 e. The molecule has 0 saturated heterocycles. The number of rotatable bonds is 69. The average molecular weight is 1150 g/mol. The first-order chi connectivity index (χ1) is 40.5. The molecule has 0 fully saturated rings. The predicted molar refractivity (Wildman–Crippen MR) is 358 cm³/mol. The number of hydrogen-bond donors (Lipinski definition) is 0. The first-order valence-corrected chi connectivity index (χ1v) is 37.0. The van der Waals surface area contributed by atoms with Crippen molar-refractivity contribution in [3.05, 3.63) is 36.5 Å². The van der Waals surface area contributed by atoms with Gasteiger partial charge in [-0.2, -0.15) is 0 Å². The minimum atomic E-state index is -0.769. The van der Waals surface area contributed by atoms with Crippen molar-refractivity contribution in [3.63, 3.8) is 0 Å². The van der Waals surface area contributed by atoms with E-state index in [1.54, 1.807) is 0 Å². The zero-order valence-corrected chi connectivity index (χ0v) is 55.5. The molecule has 0 rings (SSSR count). The Morgan fingerprint density at radius 1 is 0.244 bits per heavy atom. The lowest BCUT2D eigenvalue weighted by molar-refractivity contribution is -0.167. The summed E-state index contributed by atoms with van der Waals surface area (Å²) >= 11 is 0. The van der Waals surface area contributed by atoms with Crippen LogP contribution in [-0.2, 0) is 28.6 Å². The van der Waals surface area contributed by atoms with Crippen LogP contribution in [0.4, 0.5) is 0 Å². The number of esters is 3. The standard InChI is InChI=1S/C76H142O6/c1-4-7-10-13-16-19-22-24-26-28-30-31-32-33-34-35-36-37-38-39-40-41-42-43-44-45-47-48-50-52-54-57-60-63-66-69-75(78)81-72-73(71-80-74(77)68-65-62-59-56-21-18-15-12-9-6-3)82-76(79)70-67-64-61-58-55-53-51-49-46-29-27-25-23-20-17-14-11-8-5-2/h22,24-25,27-28,30,73H,4-21,23,26,29,31-72H2,1-3H3/b24-22-,27-25-,30-28-. The van der Waals surface area contributed by atoms with E-state index in [0.29, 0.717) is 19.3 Å². The average Bonchev–Trinajstić information content (AvgIpc) is 3.48. The van der Waals surface area contributed by atoms with Crippen molar-refractivity contribution in [1.29, 1.82) is 0 Å². The molecule has 1 atom stereocenters. The van der Waals surface area contributed by atoms with Gasteiger partial charge in [-0.1, -0.05) is 353 Å². The molecule has 82 heavy (non-hydrogen) atoms. The van der Waals surface area contributed by atoms with E-state index in [1.807, 2.05) is 0 Å². The van der Waals surface area contributed by atoms with Gasteiger partial charge in [-0.05, 0) is 77.0 Å². The first kappa shape index (κ1) is 79.6. The zero-order chi connectivity index (χ0) is 59.2. The van der Waals surface area contributed by atoms with Crippen molar-refractivity contribution < 1.29 is 28.6 Å². The van der Waals surface area contributed by atoms with Crippen LogP contribution in [0.15, 0.2) is 36.5 Å². The van der Waals surface area contributed by atoms with E-state index < -0.39 is 6.10 Å². The van der Waals surface area contributed by atoms with Gasteiger partial charge in [-0.3, -0.25) is 14.4 Å². The fourth-order valence-electron chi connectivity index (χ4n) is 11.3. The van der Waals surface area contributed by atoms with Crippen LogP contribution in [0.1, 0.15) is 412 Å². The second kappa shape index (κ2) is 71.1. The predicted octanol–water partition coefficient (Wildman–Crippen LogP) is 25.5. The molecule has 0 aliphatic carbocycles. The lowest BCUT2D eigenvalue weighted by Gasteiger charge is -2.18. The van der Waals surface area contributed by atoms with E-state index in [0.717, 1.165) is 64.2 Å². The summed E-state index contributed by atoms with van der Waals surface area (Å²) < 4.78 is 17.0. The van der Waals surface area contributed by atoms with Gasteiger partial charge >= 0.3 is 17.9 Å². The third kappa shape index (κ3) is 68.4. The molecule has 0 amide bonds. The highest BCUT2D eigenvalue weighted by molar-refractivity contribution is 5.71. The molecule has 0 aliphatic rings. The van der Waals surface area contributed by atoms with Crippen LogP contribution in [0.3, 0.4) is 0 Å². The third-order valence-corrected chi connectivity index (χ3v) is 16.9. The molecule has 1 unspecified atom stereocenters. The van der Waals surface area contributed by atoms with Crippen molar-refractivity contribution in [3.8, 4) is 0 Å². The molecule has 0 aromatic carbocycles. The molecule has 0 radical (unpaired) electrons. The first-order valence-electron chi connectivity index (χ1n) is 37.0. The summed E-state index contributed by atoms with van der Waals surface area (Å²) in [6.45, 7) is 6.68. The molecule has 0 aromatic rings. The number of unbranched alkanes of at least 4 members (excludes halogenated alkanes) is 52. The van der Waals surface area contributed by atoms with Gasteiger partial charge in [0.1, 0.15) is 13.2 Å². The van der Waals surface area contributed by atoms with Crippen LogP contribution < -0.4 is 0 Å². The van der Waals surface area contributed by atoms with Crippen molar-refractivity contribution >= 4 is 17.9 Å². The summed E-state index contributed by atoms with van der Waals surface area (Å²) in [7, 11) is 0. The van der Waals surface area contributed by atoms with E-state index in [-0.39, 0.29) is 31.1 Å². The number of ether oxygens (including phenoxy) is 3. The van der Waals surface area contributed by atoms with Gasteiger partial charge in [0.2, 0.25) is 0 Å². The Hall–Kier alpha value is -2.37. The van der Waals surface area contributed by atoms with Gasteiger partial charge < -0.3 is 14.2 Å². The Bertz CT molecular complexity index is 1370. The van der Waals surface area contributed by atoms with Crippen LogP contribution in [0.2, 0.25) is 0 Å². The maximum Gasteiger partial charge on any atom is 0.306 e. The van der Waals surface area contributed by atoms with Crippen LogP contribution in [0.25, 0.3) is 0 Å². The Kier molecular flexibility index (Phi) is 69.1. The highest BCUT2D eigenvalue weighted by Gasteiger charge is 2.19. The molecule has 0 saturated carbocycles. The van der Waals surface area contributed by atoms with Gasteiger partial charge in [-0.15, -0.1) is 0 Å². The minimum absolute atomic E-state index is 0.0663. The van der Waals surface area contributed by atoms with Crippen LogP contribution in [0.5, 0.6) is 0 Å². The third-order valence-electron chi connectivity index (χ3n) is 16.9. The van der Waals surface area contributed by atoms with Gasteiger partial charge in [0.05, 0.1) is 0 Å².